The topological polar surface area (TPSA) is 75.9 Å². The first-order chi connectivity index (χ1) is 12.8. The van der Waals surface area contributed by atoms with E-state index in [0.29, 0.717) is 16.6 Å². The summed E-state index contributed by atoms with van der Waals surface area (Å²) in [5, 5.41) is 1.79. The molecule has 0 aliphatic rings. The number of primary amides is 1. The first kappa shape index (κ1) is 17.0. The van der Waals surface area contributed by atoms with Crippen LogP contribution in [-0.4, -0.2) is 16.7 Å². The lowest BCUT2D eigenvalue weighted by Gasteiger charge is -2.08. The number of ketones is 1. The van der Waals surface area contributed by atoms with Crippen LogP contribution in [0.4, 0.5) is 0 Å². The van der Waals surface area contributed by atoms with Crippen LogP contribution < -0.4 is 5.73 Å². The van der Waals surface area contributed by atoms with E-state index in [0.717, 1.165) is 27.4 Å². The number of Topliss-reactive ketones (excluding diaryl/α,β-unsaturated/α-hetero) is 1. The van der Waals surface area contributed by atoms with Gasteiger partial charge >= 0.3 is 0 Å². The van der Waals surface area contributed by atoms with E-state index < -0.39 is 5.91 Å². The number of nitrogens with two attached hydrogens (primary N) is 1. The molecule has 0 atom stereocenters. The van der Waals surface area contributed by atoms with Gasteiger partial charge < -0.3 is 10.7 Å². The van der Waals surface area contributed by atoms with Gasteiger partial charge in [0.1, 0.15) is 0 Å². The lowest BCUT2D eigenvalue weighted by Crippen LogP contribution is -2.11. The molecule has 4 rings (SSSR count). The second-order valence-electron chi connectivity index (χ2n) is 7.05. The summed E-state index contributed by atoms with van der Waals surface area (Å²) in [5.41, 5.74) is 12.7. The van der Waals surface area contributed by atoms with Crippen molar-refractivity contribution >= 4 is 33.5 Å². The number of hydrogen-bond donors (Lipinski definition) is 2. The molecule has 0 bridgehead atoms. The molecule has 0 fully saturated rings. The fourth-order valence-electron chi connectivity index (χ4n) is 3.50. The SMILES string of the molecule is CC(=O)c1ccc2[nH]c3c(C(N)=O)cc(-c4ccc(C)c(C)c4)cc3c2c1. The molecule has 4 nitrogen and oxygen atoms in total. The highest BCUT2D eigenvalue weighted by Gasteiger charge is 2.16. The van der Waals surface area contributed by atoms with Crippen molar-refractivity contribution < 1.29 is 9.59 Å². The standard InChI is InChI=1S/C23H20N2O2/c1-12-4-5-16(8-13(12)2)17-10-19-18-9-15(14(3)26)6-7-21(18)25-22(19)20(11-17)23(24)27/h4-11,25H,1-3H3,(H2,24,27). The molecule has 0 saturated heterocycles. The van der Waals surface area contributed by atoms with Crippen molar-refractivity contribution in [2.75, 3.05) is 0 Å². The molecule has 0 spiro atoms. The Labute approximate surface area is 157 Å². The van der Waals surface area contributed by atoms with E-state index in [2.05, 4.69) is 37.0 Å². The van der Waals surface area contributed by atoms with Crippen LogP contribution in [0.1, 0.15) is 38.8 Å². The highest BCUT2D eigenvalue weighted by Crippen LogP contribution is 2.34. The molecule has 0 aliphatic carbocycles. The lowest BCUT2D eigenvalue weighted by atomic mass is 9.96. The van der Waals surface area contributed by atoms with Gasteiger partial charge in [-0.05, 0) is 73.4 Å². The van der Waals surface area contributed by atoms with E-state index in [1.165, 1.54) is 11.1 Å². The molecule has 0 saturated carbocycles. The van der Waals surface area contributed by atoms with Gasteiger partial charge in [0.2, 0.25) is 0 Å². The first-order valence-corrected chi connectivity index (χ1v) is 8.83. The van der Waals surface area contributed by atoms with Gasteiger partial charge in [0.25, 0.3) is 5.91 Å². The van der Waals surface area contributed by atoms with E-state index >= 15 is 0 Å². The number of aryl methyl sites for hydroxylation is 2. The summed E-state index contributed by atoms with van der Waals surface area (Å²) in [6, 6.07) is 15.6. The molecule has 1 heterocycles. The largest absolute Gasteiger partial charge is 0.366 e. The number of amides is 1. The van der Waals surface area contributed by atoms with Gasteiger partial charge in [-0.3, -0.25) is 9.59 Å². The van der Waals surface area contributed by atoms with E-state index in [-0.39, 0.29) is 5.78 Å². The lowest BCUT2D eigenvalue weighted by molar-refractivity contribution is 0.0997. The Kier molecular flexibility index (Phi) is 3.84. The second-order valence-corrected chi connectivity index (χ2v) is 7.05. The molecular weight excluding hydrogens is 336 g/mol. The average Bonchev–Trinajstić information content (AvgIpc) is 3.00. The van der Waals surface area contributed by atoms with Crippen molar-refractivity contribution in [3.05, 3.63) is 70.8 Å². The van der Waals surface area contributed by atoms with E-state index in [9.17, 15) is 9.59 Å². The zero-order chi connectivity index (χ0) is 19.3. The number of H-pyrrole nitrogens is 1. The van der Waals surface area contributed by atoms with Gasteiger partial charge in [0.05, 0.1) is 11.1 Å². The van der Waals surface area contributed by atoms with Crippen molar-refractivity contribution in [3.8, 4) is 11.1 Å². The number of carbonyl (C=O) groups excluding carboxylic acids is 2. The fraction of sp³-hybridized carbons (Fsp3) is 0.130. The van der Waals surface area contributed by atoms with Crippen LogP contribution in [0, 0.1) is 13.8 Å². The van der Waals surface area contributed by atoms with E-state index in [1.54, 1.807) is 13.0 Å². The average molecular weight is 356 g/mol. The van der Waals surface area contributed by atoms with E-state index in [1.807, 2.05) is 24.3 Å². The predicted molar refractivity (Wildman–Crippen MR) is 109 cm³/mol. The summed E-state index contributed by atoms with van der Waals surface area (Å²) in [7, 11) is 0. The summed E-state index contributed by atoms with van der Waals surface area (Å²) in [5.74, 6) is -0.476. The smallest absolute Gasteiger partial charge is 0.250 e. The summed E-state index contributed by atoms with van der Waals surface area (Å²) < 4.78 is 0. The van der Waals surface area contributed by atoms with Gasteiger partial charge in [-0.25, -0.2) is 0 Å². The van der Waals surface area contributed by atoms with Crippen molar-refractivity contribution in [3.63, 3.8) is 0 Å². The number of rotatable bonds is 3. The Hall–Kier alpha value is -3.40. The van der Waals surface area contributed by atoms with Gasteiger partial charge in [-0.2, -0.15) is 0 Å². The van der Waals surface area contributed by atoms with Gasteiger partial charge in [0, 0.05) is 21.9 Å². The van der Waals surface area contributed by atoms with Crippen LogP contribution in [0.25, 0.3) is 32.9 Å². The van der Waals surface area contributed by atoms with Crippen molar-refractivity contribution in [1.82, 2.24) is 4.98 Å². The highest BCUT2D eigenvalue weighted by molar-refractivity contribution is 6.17. The predicted octanol–water partition coefficient (Wildman–Crippen LogP) is 4.91. The quantitative estimate of drug-likeness (QED) is 0.512. The number of nitrogens with one attached hydrogen (secondary N) is 1. The second kappa shape index (κ2) is 6.09. The van der Waals surface area contributed by atoms with Crippen LogP contribution in [-0.2, 0) is 0 Å². The zero-order valence-electron chi connectivity index (χ0n) is 15.5. The maximum Gasteiger partial charge on any atom is 0.250 e. The molecule has 134 valence electrons. The number of fused-ring (bicyclic) bond motifs is 3. The van der Waals surface area contributed by atoms with E-state index in [4.69, 9.17) is 5.73 Å². The Morgan fingerprint density at radius 1 is 0.852 bits per heavy atom. The summed E-state index contributed by atoms with van der Waals surface area (Å²) in [6.07, 6.45) is 0. The van der Waals surface area contributed by atoms with Crippen LogP contribution in [0.15, 0.2) is 48.5 Å². The summed E-state index contributed by atoms with van der Waals surface area (Å²) in [6.45, 7) is 5.68. The minimum Gasteiger partial charge on any atom is -0.366 e. The molecule has 1 amide bonds. The van der Waals surface area contributed by atoms with Gasteiger partial charge in [0.15, 0.2) is 5.78 Å². The molecule has 3 N–H and O–H groups in total. The third-order valence-corrected chi connectivity index (χ3v) is 5.22. The normalized spacial score (nSPS) is 11.2. The monoisotopic (exact) mass is 356 g/mol. The van der Waals surface area contributed by atoms with Crippen molar-refractivity contribution in [2.24, 2.45) is 5.73 Å². The van der Waals surface area contributed by atoms with Crippen molar-refractivity contribution in [1.29, 1.82) is 0 Å². The number of hydrogen-bond acceptors (Lipinski definition) is 2. The van der Waals surface area contributed by atoms with Crippen LogP contribution >= 0.6 is 0 Å². The molecule has 4 heteroatoms. The molecule has 3 aromatic carbocycles. The zero-order valence-corrected chi connectivity index (χ0v) is 15.5. The van der Waals surface area contributed by atoms with Gasteiger partial charge in [-0.1, -0.05) is 18.2 Å². The number of aromatic amines is 1. The number of carbonyl (C=O) groups is 2. The fourth-order valence-corrected chi connectivity index (χ4v) is 3.50. The minimum atomic E-state index is -0.482. The maximum absolute atomic E-state index is 12.1. The molecule has 0 unspecified atom stereocenters. The third-order valence-electron chi connectivity index (χ3n) is 5.22. The molecule has 1 aromatic heterocycles. The Balaban J connectivity index is 2.07. The molecular formula is C23H20N2O2. The highest BCUT2D eigenvalue weighted by atomic mass is 16.1. The molecule has 27 heavy (non-hydrogen) atoms. The Morgan fingerprint density at radius 3 is 2.30 bits per heavy atom. The van der Waals surface area contributed by atoms with Crippen LogP contribution in [0.5, 0.6) is 0 Å². The maximum atomic E-state index is 12.1. The first-order valence-electron chi connectivity index (χ1n) is 8.83. The molecule has 4 aromatic rings. The van der Waals surface area contributed by atoms with Gasteiger partial charge in [-0.15, -0.1) is 0 Å². The molecule has 0 radical (unpaired) electrons. The van der Waals surface area contributed by atoms with Crippen LogP contribution in [0.3, 0.4) is 0 Å². The Morgan fingerprint density at radius 2 is 1.63 bits per heavy atom. The third kappa shape index (κ3) is 2.79. The number of aromatic nitrogens is 1. The number of benzene rings is 3. The summed E-state index contributed by atoms with van der Waals surface area (Å²) in [4.78, 5) is 27.2. The summed E-state index contributed by atoms with van der Waals surface area (Å²) >= 11 is 0. The van der Waals surface area contributed by atoms with Crippen molar-refractivity contribution in [2.45, 2.75) is 20.8 Å². The minimum absolute atomic E-state index is 0.00619. The van der Waals surface area contributed by atoms with Crippen LogP contribution in [0.2, 0.25) is 0 Å². The Bertz CT molecular complexity index is 1250. The molecule has 0 aliphatic heterocycles.